The van der Waals surface area contributed by atoms with E-state index in [2.05, 4.69) is 17.6 Å². The number of esters is 1. The third-order valence-corrected chi connectivity index (χ3v) is 3.43. The summed E-state index contributed by atoms with van der Waals surface area (Å²) >= 11 is 0. The van der Waals surface area contributed by atoms with Crippen molar-refractivity contribution >= 4 is 23.8 Å². The highest BCUT2D eigenvalue weighted by Crippen LogP contribution is 2.12. The van der Waals surface area contributed by atoms with E-state index < -0.39 is 37.0 Å². The minimum atomic E-state index is -0.794. The van der Waals surface area contributed by atoms with Crippen molar-refractivity contribution in [2.75, 3.05) is 26.3 Å². The molecule has 0 aromatic heterocycles. The number of amides is 4. The van der Waals surface area contributed by atoms with Gasteiger partial charge in [0.25, 0.3) is 11.8 Å². The van der Waals surface area contributed by atoms with Crippen LogP contribution in [0.25, 0.3) is 0 Å². The molecule has 0 spiro atoms. The van der Waals surface area contributed by atoms with E-state index in [0.29, 0.717) is 24.5 Å². The van der Waals surface area contributed by atoms with Gasteiger partial charge < -0.3 is 20.1 Å². The van der Waals surface area contributed by atoms with Crippen molar-refractivity contribution in [2.45, 2.75) is 33.1 Å². The third kappa shape index (κ3) is 9.56. The number of ether oxygens (including phenoxy) is 2. The van der Waals surface area contributed by atoms with E-state index in [1.165, 1.54) is 0 Å². The van der Waals surface area contributed by atoms with Gasteiger partial charge in [-0.05, 0) is 37.1 Å². The lowest BCUT2D eigenvalue weighted by Gasteiger charge is -2.08. The Hall–Kier alpha value is -3.10. The molecule has 0 saturated heterocycles. The molecule has 0 radical (unpaired) electrons. The second-order valence-electron chi connectivity index (χ2n) is 5.87. The van der Waals surface area contributed by atoms with Crippen LogP contribution in [-0.2, 0) is 14.3 Å². The molecule has 0 aliphatic rings. The number of carbonyl (C=O) groups is 4. The number of carbonyl (C=O) groups excluding carboxylic acids is 4. The van der Waals surface area contributed by atoms with Crippen molar-refractivity contribution in [1.29, 1.82) is 0 Å². The van der Waals surface area contributed by atoms with Gasteiger partial charge in [-0.15, -0.1) is 0 Å². The van der Waals surface area contributed by atoms with Crippen LogP contribution in [0.5, 0.6) is 5.75 Å². The zero-order valence-corrected chi connectivity index (χ0v) is 16.2. The van der Waals surface area contributed by atoms with Crippen LogP contribution in [0.4, 0.5) is 4.79 Å². The summed E-state index contributed by atoms with van der Waals surface area (Å²) in [6.07, 6.45) is 2.71. The lowest BCUT2D eigenvalue weighted by atomic mass is 10.2. The molecule has 154 valence electrons. The van der Waals surface area contributed by atoms with Crippen LogP contribution in [0.2, 0.25) is 0 Å². The van der Waals surface area contributed by atoms with Crippen LogP contribution >= 0.6 is 0 Å². The van der Waals surface area contributed by atoms with Gasteiger partial charge in [-0.2, -0.15) is 0 Å². The molecule has 1 aromatic rings. The largest absolute Gasteiger partial charge is 0.494 e. The summed E-state index contributed by atoms with van der Waals surface area (Å²) < 4.78 is 10.2. The molecule has 9 nitrogen and oxygen atoms in total. The first kappa shape index (κ1) is 22.9. The molecule has 0 fully saturated rings. The van der Waals surface area contributed by atoms with Gasteiger partial charge in [0.2, 0.25) is 0 Å². The minimum Gasteiger partial charge on any atom is -0.494 e. The lowest BCUT2D eigenvalue weighted by molar-refractivity contribution is -0.147. The molecule has 4 amide bonds. The number of benzene rings is 1. The summed E-state index contributed by atoms with van der Waals surface area (Å²) in [5.74, 6) is -1.34. The van der Waals surface area contributed by atoms with Gasteiger partial charge in [-0.3, -0.25) is 19.7 Å². The van der Waals surface area contributed by atoms with Crippen molar-refractivity contribution in [3.05, 3.63) is 29.8 Å². The maximum Gasteiger partial charge on any atom is 0.325 e. The highest BCUT2D eigenvalue weighted by molar-refractivity contribution is 5.97. The van der Waals surface area contributed by atoms with Crippen molar-refractivity contribution in [1.82, 2.24) is 16.0 Å². The number of imide groups is 1. The molecular weight excluding hydrogens is 366 g/mol. The van der Waals surface area contributed by atoms with Gasteiger partial charge in [0.05, 0.1) is 6.61 Å². The van der Waals surface area contributed by atoms with E-state index in [4.69, 9.17) is 9.47 Å². The topological polar surface area (TPSA) is 123 Å². The normalized spacial score (nSPS) is 9.93. The lowest BCUT2D eigenvalue weighted by Crippen LogP contribution is -2.42. The molecule has 0 aliphatic heterocycles. The van der Waals surface area contributed by atoms with Gasteiger partial charge in [0, 0.05) is 12.1 Å². The standard InChI is InChI=1S/C19H27N3O6/c1-3-5-11-27-15-8-6-14(7-9-15)18(25)21-12-17(24)28-13-16(23)22-19(26)20-10-4-2/h6-9H,3-5,10-13H2,1-2H3,(H,21,25)(H2,20,22,23,26). The quantitative estimate of drug-likeness (QED) is 0.385. The van der Waals surface area contributed by atoms with E-state index in [0.717, 1.165) is 19.3 Å². The highest BCUT2D eigenvalue weighted by Gasteiger charge is 2.12. The average molecular weight is 393 g/mol. The molecule has 0 atom stereocenters. The Bertz CT molecular complexity index is 660. The first-order valence-electron chi connectivity index (χ1n) is 9.20. The maximum atomic E-state index is 12.0. The Morgan fingerprint density at radius 2 is 1.68 bits per heavy atom. The second-order valence-corrected chi connectivity index (χ2v) is 5.87. The molecule has 28 heavy (non-hydrogen) atoms. The molecule has 0 heterocycles. The Kier molecular flexibility index (Phi) is 10.8. The molecule has 0 unspecified atom stereocenters. The number of nitrogens with one attached hydrogen (secondary N) is 3. The fourth-order valence-electron chi connectivity index (χ4n) is 1.93. The zero-order valence-electron chi connectivity index (χ0n) is 16.2. The number of rotatable bonds is 11. The van der Waals surface area contributed by atoms with Crippen LogP contribution in [0.1, 0.15) is 43.5 Å². The molecule has 9 heteroatoms. The van der Waals surface area contributed by atoms with Crippen molar-refractivity contribution < 1.29 is 28.7 Å². The summed E-state index contributed by atoms with van der Waals surface area (Å²) in [5, 5.41) is 6.87. The van der Waals surface area contributed by atoms with Gasteiger partial charge in [-0.1, -0.05) is 20.3 Å². The number of hydrogen-bond donors (Lipinski definition) is 3. The molecule has 1 rings (SSSR count). The van der Waals surface area contributed by atoms with Crippen molar-refractivity contribution in [3.63, 3.8) is 0 Å². The van der Waals surface area contributed by atoms with E-state index in [-0.39, 0.29) is 0 Å². The fraction of sp³-hybridized carbons (Fsp3) is 0.474. The summed E-state index contributed by atoms with van der Waals surface area (Å²) in [6, 6.07) is 5.88. The zero-order chi connectivity index (χ0) is 20.8. The third-order valence-electron chi connectivity index (χ3n) is 3.43. The monoisotopic (exact) mass is 393 g/mol. The van der Waals surface area contributed by atoms with Crippen LogP contribution in [-0.4, -0.2) is 50.1 Å². The summed E-state index contributed by atoms with van der Waals surface area (Å²) in [6.45, 7) is 3.96. The van der Waals surface area contributed by atoms with Crippen LogP contribution in [0, 0.1) is 0 Å². The van der Waals surface area contributed by atoms with Crippen molar-refractivity contribution in [2.24, 2.45) is 0 Å². The number of hydrogen-bond acceptors (Lipinski definition) is 6. The van der Waals surface area contributed by atoms with Gasteiger partial charge >= 0.3 is 12.0 Å². The first-order valence-corrected chi connectivity index (χ1v) is 9.20. The van der Waals surface area contributed by atoms with Crippen LogP contribution < -0.4 is 20.7 Å². The van der Waals surface area contributed by atoms with E-state index in [1.807, 2.05) is 12.2 Å². The Morgan fingerprint density at radius 1 is 0.964 bits per heavy atom. The van der Waals surface area contributed by atoms with Crippen molar-refractivity contribution in [3.8, 4) is 5.75 Å². The predicted molar refractivity (Wildman–Crippen MR) is 102 cm³/mol. The average Bonchev–Trinajstić information content (AvgIpc) is 2.69. The molecular formula is C19H27N3O6. The maximum absolute atomic E-state index is 12.0. The van der Waals surface area contributed by atoms with Gasteiger partial charge in [0.1, 0.15) is 12.3 Å². The summed E-state index contributed by atoms with van der Waals surface area (Å²) in [5.41, 5.74) is 0.362. The van der Waals surface area contributed by atoms with Gasteiger partial charge in [-0.25, -0.2) is 4.79 Å². The Morgan fingerprint density at radius 3 is 2.32 bits per heavy atom. The smallest absolute Gasteiger partial charge is 0.325 e. The van der Waals surface area contributed by atoms with Crippen LogP contribution in [0.15, 0.2) is 24.3 Å². The fourth-order valence-corrected chi connectivity index (χ4v) is 1.93. The predicted octanol–water partition coefficient (Wildman–Crippen LogP) is 1.37. The molecule has 0 bridgehead atoms. The molecule has 1 aromatic carbocycles. The second kappa shape index (κ2) is 13.1. The van der Waals surface area contributed by atoms with E-state index in [1.54, 1.807) is 24.3 Å². The Balaban J connectivity index is 2.29. The highest BCUT2D eigenvalue weighted by atomic mass is 16.5. The Labute approximate surface area is 164 Å². The minimum absolute atomic E-state index is 0.362. The summed E-state index contributed by atoms with van der Waals surface area (Å²) in [4.78, 5) is 46.4. The summed E-state index contributed by atoms with van der Waals surface area (Å²) in [7, 11) is 0. The van der Waals surface area contributed by atoms with E-state index in [9.17, 15) is 19.2 Å². The number of urea groups is 1. The van der Waals surface area contributed by atoms with E-state index >= 15 is 0 Å². The van der Waals surface area contributed by atoms with Crippen LogP contribution in [0.3, 0.4) is 0 Å². The molecule has 0 aliphatic carbocycles. The number of unbranched alkanes of at least 4 members (excludes halogenated alkanes) is 1. The van der Waals surface area contributed by atoms with Gasteiger partial charge in [0.15, 0.2) is 6.61 Å². The molecule has 3 N–H and O–H groups in total. The SMILES string of the molecule is CCCCOc1ccc(C(=O)NCC(=O)OCC(=O)NC(=O)NCCC)cc1. The first-order chi connectivity index (χ1) is 13.5. The molecule has 0 saturated carbocycles.